The molecule has 0 N–H and O–H groups in total. The molecular weight excluding hydrogens is 423 g/mol. The predicted molar refractivity (Wildman–Crippen MR) is 94.4 cm³/mol. The maximum Gasteiger partial charge on any atom is 4.00 e. The SMILES string of the molecule is CC1=C(CC2CCCCC2)C(C)C([SiH2]c2ccccc2)=[C-]1.[Cl-].[Cl-].[Cl-].[Ti+4]. The number of allylic oxidation sites excluding steroid dienone is 4. The Bertz CT molecular complexity index is 551. The third-order valence-electron chi connectivity index (χ3n) is 5.35. The van der Waals surface area contributed by atoms with Gasteiger partial charge in [-0.3, -0.25) is 6.08 Å². The Balaban J connectivity index is 0. The minimum Gasteiger partial charge on any atom is -1.00 e. The van der Waals surface area contributed by atoms with E-state index in [1.54, 1.807) is 16.0 Å². The van der Waals surface area contributed by atoms with Crippen LogP contribution >= 0.6 is 0 Å². The molecule has 136 valence electrons. The molecule has 25 heavy (non-hydrogen) atoms. The van der Waals surface area contributed by atoms with E-state index in [2.05, 4.69) is 50.3 Å². The molecule has 0 spiro atoms. The molecule has 3 rings (SSSR count). The van der Waals surface area contributed by atoms with Gasteiger partial charge in [0.25, 0.3) is 0 Å². The molecule has 1 aromatic rings. The van der Waals surface area contributed by atoms with Crippen molar-refractivity contribution in [2.75, 3.05) is 0 Å². The van der Waals surface area contributed by atoms with E-state index in [4.69, 9.17) is 0 Å². The van der Waals surface area contributed by atoms with Gasteiger partial charge in [-0.25, -0.2) is 11.1 Å². The van der Waals surface area contributed by atoms with Crippen LogP contribution in [-0.4, -0.2) is 9.52 Å². The van der Waals surface area contributed by atoms with Crippen molar-refractivity contribution in [2.24, 2.45) is 11.8 Å². The Kier molecular flexibility index (Phi) is 15.1. The Morgan fingerprint density at radius 3 is 2.20 bits per heavy atom. The summed E-state index contributed by atoms with van der Waals surface area (Å²) >= 11 is 0. The summed E-state index contributed by atoms with van der Waals surface area (Å²) in [6.45, 7) is 4.72. The van der Waals surface area contributed by atoms with Crippen LogP contribution in [0.5, 0.6) is 0 Å². The van der Waals surface area contributed by atoms with Crippen LogP contribution in [0.3, 0.4) is 0 Å². The Labute approximate surface area is 189 Å². The summed E-state index contributed by atoms with van der Waals surface area (Å²) in [5.41, 5.74) is 3.17. The molecule has 1 atom stereocenters. The topological polar surface area (TPSA) is 0 Å². The van der Waals surface area contributed by atoms with Crippen LogP contribution in [-0.2, 0) is 21.7 Å². The van der Waals surface area contributed by atoms with Gasteiger partial charge in [0.2, 0.25) is 0 Å². The largest absolute Gasteiger partial charge is 4.00 e. The van der Waals surface area contributed by atoms with Crippen molar-refractivity contribution >= 4 is 14.7 Å². The fourth-order valence-corrected chi connectivity index (χ4v) is 5.86. The van der Waals surface area contributed by atoms with Gasteiger partial charge in [-0.05, 0) is 0 Å². The quantitative estimate of drug-likeness (QED) is 0.320. The summed E-state index contributed by atoms with van der Waals surface area (Å²) < 4.78 is 0. The van der Waals surface area contributed by atoms with Crippen molar-refractivity contribution in [3.63, 3.8) is 0 Å². The molecule has 1 aromatic carbocycles. The first-order chi connectivity index (χ1) is 10.2. The molecule has 0 saturated heterocycles. The average Bonchev–Trinajstić information content (AvgIpc) is 2.77. The van der Waals surface area contributed by atoms with Gasteiger partial charge in [0.1, 0.15) is 0 Å². The number of halogens is 3. The van der Waals surface area contributed by atoms with Crippen molar-refractivity contribution in [3.8, 4) is 0 Å². The van der Waals surface area contributed by atoms with Gasteiger partial charge >= 0.3 is 21.7 Å². The van der Waals surface area contributed by atoms with Crippen molar-refractivity contribution < 1.29 is 58.9 Å². The molecule has 0 amide bonds. The molecule has 0 nitrogen and oxygen atoms in total. The molecule has 5 heteroatoms. The molecule has 0 aromatic heterocycles. The van der Waals surface area contributed by atoms with Gasteiger partial charge in [-0.2, -0.15) is 5.20 Å². The van der Waals surface area contributed by atoms with Gasteiger partial charge in [0.15, 0.2) is 0 Å². The second-order valence-corrected chi connectivity index (χ2v) is 8.82. The summed E-state index contributed by atoms with van der Waals surface area (Å²) in [6, 6.07) is 11.0. The van der Waals surface area contributed by atoms with Crippen LogP contribution in [0.15, 0.2) is 46.7 Å². The maximum absolute atomic E-state index is 3.75. The van der Waals surface area contributed by atoms with Crippen LogP contribution in [0.1, 0.15) is 52.4 Å². The first kappa shape index (κ1) is 27.7. The van der Waals surface area contributed by atoms with Gasteiger partial charge in [-0.1, -0.05) is 99.7 Å². The van der Waals surface area contributed by atoms with Gasteiger partial charge in [0, 0.05) is 0 Å². The summed E-state index contributed by atoms with van der Waals surface area (Å²) in [6.07, 6.45) is 12.4. The zero-order valence-electron chi connectivity index (χ0n) is 15.1. The van der Waals surface area contributed by atoms with E-state index in [9.17, 15) is 0 Å². The number of rotatable bonds is 4. The fraction of sp³-hybridized carbons (Fsp3) is 0.500. The van der Waals surface area contributed by atoms with E-state index in [1.807, 2.05) is 0 Å². The van der Waals surface area contributed by atoms with E-state index in [1.165, 1.54) is 44.1 Å². The van der Waals surface area contributed by atoms with E-state index in [-0.39, 0.29) is 68.5 Å². The summed E-state index contributed by atoms with van der Waals surface area (Å²) in [4.78, 5) is 0. The Hall–Kier alpha value is 0.501. The maximum atomic E-state index is 3.75. The smallest absolute Gasteiger partial charge is 1.00 e. The molecule has 1 unspecified atom stereocenters. The number of benzene rings is 1. The monoisotopic (exact) mass is 448 g/mol. The first-order valence-corrected chi connectivity index (χ1v) is 10.0. The molecular formula is C20H27Cl3SiTi. The van der Waals surface area contributed by atoms with Crippen LogP contribution in [0.2, 0.25) is 0 Å². The molecule has 1 fully saturated rings. The van der Waals surface area contributed by atoms with Crippen molar-refractivity contribution in [3.05, 3.63) is 52.8 Å². The molecule has 2 aliphatic rings. The van der Waals surface area contributed by atoms with E-state index >= 15 is 0 Å². The van der Waals surface area contributed by atoms with Crippen molar-refractivity contribution in [1.29, 1.82) is 0 Å². The average molecular weight is 450 g/mol. The van der Waals surface area contributed by atoms with E-state index in [0.29, 0.717) is 5.92 Å². The molecule has 1 saturated carbocycles. The van der Waals surface area contributed by atoms with Crippen molar-refractivity contribution in [2.45, 2.75) is 52.4 Å². The number of hydrogen-bond acceptors (Lipinski definition) is 0. The van der Waals surface area contributed by atoms with Crippen LogP contribution in [0, 0.1) is 17.9 Å². The second kappa shape index (κ2) is 13.6. The minimum atomic E-state index is -0.320. The Morgan fingerprint density at radius 1 is 1.00 bits per heavy atom. The summed E-state index contributed by atoms with van der Waals surface area (Å²) in [5, 5.41) is 3.18. The van der Waals surface area contributed by atoms with Gasteiger partial charge < -0.3 is 37.2 Å². The Morgan fingerprint density at radius 2 is 1.60 bits per heavy atom. The zero-order chi connectivity index (χ0) is 14.7. The summed E-state index contributed by atoms with van der Waals surface area (Å²) in [5.74, 6) is 1.62. The fourth-order valence-electron chi connectivity index (χ4n) is 4.01. The van der Waals surface area contributed by atoms with Crippen LogP contribution < -0.4 is 42.4 Å². The molecule has 2 aliphatic carbocycles. The van der Waals surface area contributed by atoms with Crippen molar-refractivity contribution in [1.82, 2.24) is 0 Å². The molecule has 0 aliphatic heterocycles. The van der Waals surface area contributed by atoms with Gasteiger partial charge in [0.05, 0.1) is 9.52 Å². The number of hydrogen-bond donors (Lipinski definition) is 0. The van der Waals surface area contributed by atoms with Crippen LogP contribution in [0.25, 0.3) is 0 Å². The standard InChI is InChI=1S/C20H27Si.3ClH.Ti/c1-15-13-20(21-18-11-7-4-8-12-18)16(2)19(15)14-17-9-5-3-6-10-17;;;;/h4,7-8,11-12,16-17H,3,5-6,9-10,14,21H2,1-2H3;3*1H;/q-1;;;;+4/p-3. The van der Waals surface area contributed by atoms with E-state index < -0.39 is 0 Å². The van der Waals surface area contributed by atoms with E-state index in [0.717, 1.165) is 5.92 Å². The second-order valence-electron chi connectivity index (χ2n) is 6.89. The normalized spacial score (nSPS) is 20.2. The third-order valence-corrected chi connectivity index (χ3v) is 7.40. The predicted octanol–water partition coefficient (Wildman–Crippen LogP) is -4.89. The zero-order valence-corrected chi connectivity index (χ0v) is 20.4. The summed E-state index contributed by atoms with van der Waals surface area (Å²) in [7, 11) is -0.320. The molecule has 0 bridgehead atoms. The van der Waals surface area contributed by atoms with Gasteiger partial charge in [-0.15, -0.1) is 0 Å². The first-order valence-electron chi connectivity index (χ1n) is 8.60. The third kappa shape index (κ3) is 7.56. The van der Waals surface area contributed by atoms with Crippen LogP contribution in [0.4, 0.5) is 0 Å². The molecule has 0 heterocycles. The molecule has 0 radical (unpaired) electrons. The minimum absolute atomic E-state index is 0.